The number of halogens is 1. The molecule has 52 heavy (non-hydrogen) atoms. The summed E-state index contributed by atoms with van der Waals surface area (Å²) in [6.07, 6.45) is 0.451. The van der Waals surface area contributed by atoms with Crippen LogP contribution in [-0.2, 0) is 32.1 Å². The first-order valence-electron chi connectivity index (χ1n) is 17.1. The number of carbonyl (C=O) groups excluding carboxylic acids is 5. The van der Waals surface area contributed by atoms with E-state index in [0.717, 1.165) is 11.1 Å². The fourth-order valence-electron chi connectivity index (χ4n) is 5.50. The second-order valence-electron chi connectivity index (χ2n) is 12.7. The number of hydrogen-bond donors (Lipinski definition) is 4. The highest BCUT2D eigenvalue weighted by Gasteiger charge is 2.27. The zero-order valence-electron chi connectivity index (χ0n) is 30.0. The number of ether oxygens (including phenoxy) is 3. The second-order valence-corrected chi connectivity index (χ2v) is 13.2. The number of nitrogens with one attached hydrogen (secondary N) is 4. The average Bonchev–Trinajstić information content (AvgIpc) is 3.12. The molecule has 3 aliphatic rings. The van der Waals surface area contributed by atoms with Crippen LogP contribution < -0.4 is 35.5 Å². The van der Waals surface area contributed by atoms with Gasteiger partial charge in [-0.25, -0.2) is 0 Å². The zero-order valence-corrected chi connectivity index (χ0v) is 30.8. The Balaban J connectivity index is 1.58. The van der Waals surface area contributed by atoms with E-state index in [4.69, 9.17) is 25.8 Å². The number of benzene rings is 3. The summed E-state index contributed by atoms with van der Waals surface area (Å²) in [5, 5.41) is 11.7. The summed E-state index contributed by atoms with van der Waals surface area (Å²) in [6.45, 7) is 5.88. The average molecular weight is 736 g/mol. The van der Waals surface area contributed by atoms with E-state index in [-0.39, 0.29) is 68.6 Å². The maximum Gasteiger partial charge on any atom is 0.251 e. The van der Waals surface area contributed by atoms with Gasteiger partial charge in [-0.05, 0) is 72.9 Å². The molecule has 14 heteroatoms. The number of methoxy groups -OCH3 is 2. The summed E-state index contributed by atoms with van der Waals surface area (Å²) >= 11 is 6.01. The van der Waals surface area contributed by atoms with E-state index in [1.165, 1.54) is 14.2 Å². The van der Waals surface area contributed by atoms with Gasteiger partial charge < -0.3 is 40.4 Å². The first-order chi connectivity index (χ1) is 24.9. The van der Waals surface area contributed by atoms with Gasteiger partial charge in [0.25, 0.3) is 5.91 Å². The lowest BCUT2D eigenvalue weighted by molar-refractivity contribution is -0.133. The van der Waals surface area contributed by atoms with E-state index >= 15 is 0 Å². The molecule has 3 aromatic rings. The van der Waals surface area contributed by atoms with Crippen molar-refractivity contribution in [2.24, 2.45) is 5.92 Å². The summed E-state index contributed by atoms with van der Waals surface area (Å²) < 4.78 is 17.2. The molecule has 278 valence electrons. The predicted octanol–water partition coefficient (Wildman–Crippen LogP) is 4.01. The Kier molecular flexibility index (Phi) is 14.3. The van der Waals surface area contributed by atoms with Gasteiger partial charge in [-0.2, -0.15) is 0 Å². The van der Waals surface area contributed by atoms with Crippen LogP contribution in [0, 0.1) is 5.92 Å². The Hall–Kier alpha value is -5.30. The molecule has 6 rings (SSSR count). The molecule has 4 bridgehead atoms. The smallest absolute Gasteiger partial charge is 0.251 e. The molecular weight excluding hydrogens is 690 g/mol. The predicted molar refractivity (Wildman–Crippen MR) is 196 cm³/mol. The number of rotatable bonds is 5. The SMILES string of the molecule is COc1cc2ccc1Oc1ccc(cc1OC)C(=O)NCCN(C(=O)Cc1ccc(Cl)cc1)CCCC(=O)N[C@H](C)C(=O)N[C@@H](C(C)C)C(=O)NC2. The molecule has 0 aromatic heterocycles. The lowest BCUT2D eigenvalue weighted by atomic mass is 10.0. The van der Waals surface area contributed by atoms with Crippen molar-refractivity contribution < 1.29 is 38.2 Å². The summed E-state index contributed by atoms with van der Waals surface area (Å²) in [5.41, 5.74) is 1.80. The third kappa shape index (κ3) is 11.1. The molecule has 0 saturated heterocycles. The van der Waals surface area contributed by atoms with Gasteiger partial charge in [-0.15, -0.1) is 0 Å². The number of nitrogens with zero attached hydrogens (tertiary/aromatic N) is 1. The highest BCUT2D eigenvalue weighted by molar-refractivity contribution is 6.30. The fraction of sp³-hybridized carbons (Fsp3) is 0.395. The van der Waals surface area contributed by atoms with Crippen molar-refractivity contribution >= 4 is 41.1 Å². The number of carbonyl (C=O) groups is 5. The van der Waals surface area contributed by atoms with E-state index in [9.17, 15) is 24.0 Å². The van der Waals surface area contributed by atoms with Crippen LogP contribution in [0.2, 0.25) is 5.02 Å². The highest BCUT2D eigenvalue weighted by Crippen LogP contribution is 2.37. The highest BCUT2D eigenvalue weighted by atomic mass is 35.5. The van der Waals surface area contributed by atoms with Gasteiger partial charge in [0.05, 0.1) is 20.6 Å². The van der Waals surface area contributed by atoms with Crippen LogP contribution in [0.4, 0.5) is 0 Å². The molecule has 5 amide bonds. The van der Waals surface area contributed by atoms with Gasteiger partial charge in [0, 0.05) is 43.2 Å². The number of fused-ring (bicyclic) bond motifs is 2. The van der Waals surface area contributed by atoms with Gasteiger partial charge >= 0.3 is 0 Å². The maximum absolute atomic E-state index is 13.4. The van der Waals surface area contributed by atoms with Crippen LogP contribution in [-0.4, -0.2) is 80.4 Å². The van der Waals surface area contributed by atoms with E-state index < -0.39 is 18.0 Å². The van der Waals surface area contributed by atoms with Gasteiger partial charge in [-0.1, -0.05) is 43.6 Å². The Labute approximate surface area is 308 Å². The van der Waals surface area contributed by atoms with Gasteiger partial charge in [0.15, 0.2) is 23.0 Å². The van der Waals surface area contributed by atoms with E-state index in [1.54, 1.807) is 72.5 Å². The molecule has 0 aliphatic carbocycles. The Morgan fingerprint density at radius 1 is 0.885 bits per heavy atom. The molecular formula is C38H46ClN5O8. The van der Waals surface area contributed by atoms with Crippen molar-refractivity contribution in [1.82, 2.24) is 26.2 Å². The lowest BCUT2D eigenvalue weighted by Crippen LogP contribution is -2.54. The van der Waals surface area contributed by atoms with Gasteiger partial charge in [0.1, 0.15) is 12.1 Å². The summed E-state index contributed by atoms with van der Waals surface area (Å²) in [6, 6.07) is 15.1. The topological polar surface area (TPSA) is 164 Å². The van der Waals surface area contributed by atoms with Crippen molar-refractivity contribution in [1.29, 1.82) is 0 Å². The third-order valence-corrected chi connectivity index (χ3v) is 8.73. The monoisotopic (exact) mass is 735 g/mol. The van der Waals surface area contributed by atoms with E-state index in [1.807, 2.05) is 13.8 Å². The molecule has 0 radical (unpaired) electrons. The third-order valence-electron chi connectivity index (χ3n) is 8.48. The van der Waals surface area contributed by atoms with Crippen molar-refractivity contribution in [3.8, 4) is 23.0 Å². The maximum atomic E-state index is 13.4. The molecule has 13 nitrogen and oxygen atoms in total. The zero-order chi connectivity index (χ0) is 37.8. The first-order valence-corrected chi connectivity index (χ1v) is 17.5. The molecule has 4 N–H and O–H groups in total. The van der Waals surface area contributed by atoms with E-state index in [2.05, 4.69) is 21.3 Å². The van der Waals surface area contributed by atoms with Crippen LogP contribution in [0.1, 0.15) is 55.1 Å². The van der Waals surface area contributed by atoms with E-state index in [0.29, 0.717) is 40.0 Å². The minimum absolute atomic E-state index is 0.0409. The molecule has 0 saturated carbocycles. The fourth-order valence-corrected chi connectivity index (χ4v) is 5.62. The normalized spacial score (nSPS) is 18.2. The number of amides is 5. The van der Waals surface area contributed by atoms with Crippen molar-refractivity contribution in [3.05, 3.63) is 82.4 Å². The molecule has 0 spiro atoms. The van der Waals surface area contributed by atoms with Crippen LogP contribution >= 0.6 is 11.6 Å². The van der Waals surface area contributed by atoms with Crippen molar-refractivity contribution in [2.75, 3.05) is 33.9 Å². The summed E-state index contributed by atoms with van der Waals surface area (Å²) in [7, 11) is 2.95. The molecule has 3 aromatic carbocycles. The quantitative estimate of drug-likeness (QED) is 0.306. The Morgan fingerprint density at radius 2 is 1.56 bits per heavy atom. The molecule has 3 heterocycles. The standard InChI is InChI=1S/C38H46ClN5O8/c1-23(2)35-38(49)41-22-26-10-14-29(31(19-26)50-4)52-30-15-11-27(21-32(30)51-5)37(48)40-16-18-44(34(46)20-25-8-12-28(39)13-9-25)17-6-7-33(45)42-24(3)36(47)43-35/h8-15,19,21,23-24,35H,6-7,16-18,20,22H2,1-5H3,(H,40,48)(H,41,49)(H,42,45)(H,43,47)/t24-,35+/m1/s1. The Morgan fingerprint density at radius 3 is 2.23 bits per heavy atom. The minimum atomic E-state index is -0.915. The van der Waals surface area contributed by atoms with Gasteiger partial charge in [0.2, 0.25) is 23.6 Å². The Bertz CT molecular complexity index is 1750. The number of hydrogen-bond acceptors (Lipinski definition) is 8. The van der Waals surface area contributed by atoms with Crippen molar-refractivity contribution in [2.45, 2.75) is 58.7 Å². The molecule has 0 unspecified atom stereocenters. The van der Waals surface area contributed by atoms with Crippen LogP contribution in [0.3, 0.4) is 0 Å². The molecule has 2 atom stereocenters. The lowest BCUT2D eigenvalue weighted by Gasteiger charge is -2.25. The van der Waals surface area contributed by atoms with Gasteiger partial charge in [-0.3, -0.25) is 24.0 Å². The van der Waals surface area contributed by atoms with Crippen LogP contribution in [0.5, 0.6) is 23.0 Å². The van der Waals surface area contributed by atoms with Crippen molar-refractivity contribution in [3.63, 3.8) is 0 Å². The summed E-state index contributed by atoms with van der Waals surface area (Å²) in [4.78, 5) is 67.3. The first kappa shape index (κ1) is 39.5. The summed E-state index contributed by atoms with van der Waals surface area (Å²) in [5.74, 6) is -0.682. The largest absolute Gasteiger partial charge is 0.493 e. The molecule has 0 fully saturated rings. The minimum Gasteiger partial charge on any atom is -0.493 e. The van der Waals surface area contributed by atoms with Crippen LogP contribution in [0.25, 0.3) is 0 Å². The van der Waals surface area contributed by atoms with Crippen LogP contribution in [0.15, 0.2) is 60.7 Å². The second kappa shape index (κ2) is 18.8. The molecule has 3 aliphatic heterocycles.